The summed E-state index contributed by atoms with van der Waals surface area (Å²) < 4.78 is 40.1. The van der Waals surface area contributed by atoms with Gasteiger partial charge in [-0.05, 0) is 43.9 Å². The highest BCUT2D eigenvalue weighted by atomic mass is 19.4. The summed E-state index contributed by atoms with van der Waals surface area (Å²) in [5.74, 6) is 0. The number of hydrogen-bond donors (Lipinski definition) is 1. The predicted octanol–water partition coefficient (Wildman–Crippen LogP) is 4.59. The first-order chi connectivity index (χ1) is 11.6. The van der Waals surface area contributed by atoms with Crippen molar-refractivity contribution in [3.05, 3.63) is 35.4 Å². The molecular formula is C19H27F3N2. The second-order valence-corrected chi connectivity index (χ2v) is 7.12. The van der Waals surface area contributed by atoms with Crippen molar-refractivity contribution in [1.29, 1.82) is 0 Å². The van der Waals surface area contributed by atoms with E-state index in [2.05, 4.69) is 10.2 Å². The minimum atomic E-state index is -4.28. The fourth-order valence-corrected chi connectivity index (χ4v) is 4.22. The molecule has 1 aromatic rings. The Morgan fingerprint density at radius 2 is 1.67 bits per heavy atom. The second kappa shape index (κ2) is 7.87. The van der Waals surface area contributed by atoms with E-state index >= 15 is 0 Å². The van der Waals surface area contributed by atoms with Crippen molar-refractivity contribution >= 4 is 0 Å². The van der Waals surface area contributed by atoms with Crippen molar-refractivity contribution in [1.82, 2.24) is 10.2 Å². The Morgan fingerprint density at radius 3 is 2.33 bits per heavy atom. The van der Waals surface area contributed by atoms with Crippen molar-refractivity contribution in [2.75, 3.05) is 13.1 Å². The van der Waals surface area contributed by atoms with E-state index in [0.29, 0.717) is 24.2 Å². The molecule has 0 spiro atoms. The van der Waals surface area contributed by atoms with Crippen LogP contribution in [0.15, 0.2) is 24.3 Å². The van der Waals surface area contributed by atoms with Gasteiger partial charge in [-0.1, -0.05) is 37.5 Å². The van der Waals surface area contributed by atoms with Gasteiger partial charge in [-0.3, -0.25) is 4.90 Å². The Kier molecular flexibility index (Phi) is 5.82. The van der Waals surface area contributed by atoms with Gasteiger partial charge >= 0.3 is 6.18 Å². The van der Waals surface area contributed by atoms with E-state index in [9.17, 15) is 13.2 Å². The van der Waals surface area contributed by atoms with Crippen LogP contribution >= 0.6 is 0 Å². The monoisotopic (exact) mass is 340 g/mol. The molecule has 1 N–H and O–H groups in total. The highest BCUT2D eigenvalue weighted by Crippen LogP contribution is 2.34. The maximum absolute atomic E-state index is 13.4. The molecule has 0 bridgehead atoms. The van der Waals surface area contributed by atoms with Crippen molar-refractivity contribution in [3.63, 3.8) is 0 Å². The third kappa shape index (κ3) is 4.31. The van der Waals surface area contributed by atoms with Gasteiger partial charge in [0.2, 0.25) is 0 Å². The zero-order valence-corrected chi connectivity index (χ0v) is 14.1. The average molecular weight is 340 g/mol. The molecule has 24 heavy (non-hydrogen) atoms. The first-order valence-corrected chi connectivity index (χ1v) is 9.17. The van der Waals surface area contributed by atoms with Crippen molar-refractivity contribution < 1.29 is 13.2 Å². The first kappa shape index (κ1) is 17.7. The highest BCUT2D eigenvalue weighted by molar-refractivity contribution is 5.29. The largest absolute Gasteiger partial charge is 0.416 e. The number of halogens is 3. The zero-order chi connectivity index (χ0) is 17.0. The van der Waals surface area contributed by atoms with E-state index < -0.39 is 11.7 Å². The standard InChI is InChI=1S/C19H27F3N2/c20-19(21,22)18-11-5-4-7-15(18)14-24(16-8-2-1-3-9-16)17-10-6-12-23-13-17/h4-5,7,11,16-17,23H,1-3,6,8-10,12-14H2. The molecule has 1 unspecified atom stereocenters. The smallest absolute Gasteiger partial charge is 0.315 e. The molecule has 0 radical (unpaired) electrons. The Balaban J connectivity index is 1.83. The fraction of sp³-hybridized carbons (Fsp3) is 0.684. The molecular weight excluding hydrogens is 313 g/mol. The van der Waals surface area contributed by atoms with Gasteiger partial charge in [-0.15, -0.1) is 0 Å². The lowest BCUT2D eigenvalue weighted by molar-refractivity contribution is -0.138. The summed E-state index contributed by atoms with van der Waals surface area (Å²) in [4.78, 5) is 2.37. The van der Waals surface area contributed by atoms with Gasteiger partial charge in [0, 0.05) is 25.2 Å². The number of piperidine rings is 1. The number of nitrogens with zero attached hydrogens (tertiary/aromatic N) is 1. The number of rotatable bonds is 4. The molecule has 2 fully saturated rings. The van der Waals surface area contributed by atoms with Gasteiger partial charge in [-0.25, -0.2) is 0 Å². The lowest BCUT2D eigenvalue weighted by Gasteiger charge is -2.42. The maximum atomic E-state index is 13.4. The van der Waals surface area contributed by atoms with E-state index in [-0.39, 0.29) is 0 Å². The quantitative estimate of drug-likeness (QED) is 0.862. The first-order valence-electron chi connectivity index (χ1n) is 9.17. The van der Waals surface area contributed by atoms with Crippen LogP contribution in [-0.2, 0) is 12.7 Å². The van der Waals surface area contributed by atoms with Gasteiger partial charge in [0.25, 0.3) is 0 Å². The molecule has 2 aliphatic rings. The Hall–Kier alpha value is -1.07. The number of benzene rings is 1. The Morgan fingerprint density at radius 1 is 0.958 bits per heavy atom. The molecule has 0 aromatic heterocycles. The molecule has 1 heterocycles. The third-order valence-electron chi connectivity index (χ3n) is 5.46. The summed E-state index contributed by atoms with van der Waals surface area (Å²) in [6.07, 6.45) is 3.79. The molecule has 1 aliphatic heterocycles. The molecule has 134 valence electrons. The number of nitrogens with one attached hydrogen (secondary N) is 1. The van der Waals surface area contributed by atoms with E-state index in [1.807, 2.05) is 0 Å². The number of hydrogen-bond acceptors (Lipinski definition) is 2. The van der Waals surface area contributed by atoms with Crippen LogP contribution in [0.2, 0.25) is 0 Å². The van der Waals surface area contributed by atoms with Crippen LogP contribution in [0.1, 0.15) is 56.1 Å². The molecule has 1 atom stereocenters. The van der Waals surface area contributed by atoms with Crippen LogP contribution in [0, 0.1) is 0 Å². The van der Waals surface area contributed by atoms with Gasteiger partial charge in [0.15, 0.2) is 0 Å². The molecule has 1 saturated heterocycles. The van der Waals surface area contributed by atoms with Crippen LogP contribution in [0.5, 0.6) is 0 Å². The van der Waals surface area contributed by atoms with Crippen LogP contribution < -0.4 is 5.32 Å². The van der Waals surface area contributed by atoms with Crippen molar-refractivity contribution in [3.8, 4) is 0 Å². The molecule has 1 saturated carbocycles. The lowest BCUT2D eigenvalue weighted by Crippen LogP contribution is -2.50. The summed E-state index contributed by atoms with van der Waals surface area (Å²) in [6, 6.07) is 6.85. The van der Waals surface area contributed by atoms with Gasteiger partial charge in [0.1, 0.15) is 0 Å². The molecule has 1 aliphatic carbocycles. The van der Waals surface area contributed by atoms with E-state index in [1.165, 1.54) is 31.4 Å². The Bertz CT molecular complexity index is 500. The topological polar surface area (TPSA) is 15.3 Å². The predicted molar refractivity (Wildman–Crippen MR) is 89.8 cm³/mol. The van der Waals surface area contributed by atoms with Gasteiger partial charge in [-0.2, -0.15) is 13.2 Å². The van der Waals surface area contributed by atoms with Crippen LogP contribution in [0.4, 0.5) is 13.2 Å². The molecule has 3 rings (SSSR count). The lowest BCUT2D eigenvalue weighted by atomic mass is 9.91. The minimum Gasteiger partial charge on any atom is -0.315 e. The third-order valence-corrected chi connectivity index (χ3v) is 5.46. The average Bonchev–Trinajstić information content (AvgIpc) is 2.61. The van der Waals surface area contributed by atoms with E-state index in [4.69, 9.17) is 0 Å². The summed E-state index contributed by atoms with van der Waals surface area (Å²) in [5.41, 5.74) is -0.0595. The van der Waals surface area contributed by atoms with E-state index in [0.717, 1.165) is 38.8 Å². The molecule has 5 heteroatoms. The van der Waals surface area contributed by atoms with E-state index in [1.54, 1.807) is 12.1 Å². The van der Waals surface area contributed by atoms with Crippen LogP contribution in [0.25, 0.3) is 0 Å². The van der Waals surface area contributed by atoms with Gasteiger partial charge < -0.3 is 5.32 Å². The molecule has 0 amide bonds. The SMILES string of the molecule is FC(F)(F)c1ccccc1CN(C1CCCCC1)C1CCCNC1. The molecule has 1 aromatic carbocycles. The van der Waals surface area contributed by atoms with Crippen LogP contribution in [-0.4, -0.2) is 30.1 Å². The molecule has 2 nitrogen and oxygen atoms in total. The maximum Gasteiger partial charge on any atom is 0.416 e. The van der Waals surface area contributed by atoms with Gasteiger partial charge in [0.05, 0.1) is 5.56 Å². The fourth-order valence-electron chi connectivity index (χ4n) is 4.22. The summed E-state index contributed by atoms with van der Waals surface area (Å²) in [6.45, 7) is 2.32. The normalized spacial score (nSPS) is 23.6. The number of alkyl halides is 3. The summed E-state index contributed by atoms with van der Waals surface area (Å²) >= 11 is 0. The Labute approximate surface area is 142 Å². The summed E-state index contributed by atoms with van der Waals surface area (Å²) in [5, 5.41) is 3.42. The minimum absolute atomic E-state index is 0.350. The highest BCUT2D eigenvalue weighted by Gasteiger charge is 2.35. The second-order valence-electron chi connectivity index (χ2n) is 7.12. The van der Waals surface area contributed by atoms with Crippen molar-refractivity contribution in [2.24, 2.45) is 0 Å². The van der Waals surface area contributed by atoms with Crippen LogP contribution in [0.3, 0.4) is 0 Å². The van der Waals surface area contributed by atoms with Crippen molar-refractivity contribution in [2.45, 2.75) is 69.8 Å². The summed E-state index contributed by atoms with van der Waals surface area (Å²) in [7, 11) is 0. The zero-order valence-electron chi connectivity index (χ0n) is 14.1.